The Kier molecular flexibility index (Phi) is 3.80. The predicted molar refractivity (Wildman–Crippen MR) is 76.4 cm³/mol. The second-order valence-electron chi connectivity index (χ2n) is 5.76. The molecule has 1 aliphatic rings. The number of piperidine rings is 1. The van der Waals surface area contributed by atoms with Crippen LogP contribution in [0.1, 0.15) is 37.0 Å². The quantitative estimate of drug-likeness (QED) is 0.830. The second kappa shape index (κ2) is 5.21. The number of hydrogen-bond acceptors (Lipinski definition) is 4. The molecule has 0 bridgehead atoms. The lowest BCUT2D eigenvalue weighted by molar-refractivity contribution is 0.0601. The van der Waals surface area contributed by atoms with E-state index in [0.29, 0.717) is 5.56 Å². The second-order valence-corrected chi connectivity index (χ2v) is 5.76. The molecule has 1 aromatic carbocycles. The molecule has 1 unspecified atom stereocenters. The monoisotopic (exact) mass is 262 g/mol. The number of nitrogens with zero attached hydrogens (tertiary/aromatic N) is 1. The molecule has 0 aliphatic carbocycles. The highest BCUT2D eigenvalue weighted by Gasteiger charge is 2.33. The van der Waals surface area contributed by atoms with Gasteiger partial charge >= 0.3 is 5.97 Å². The van der Waals surface area contributed by atoms with Crippen LogP contribution in [-0.4, -0.2) is 31.2 Å². The number of hydrogen-bond donors (Lipinski definition) is 1. The van der Waals surface area contributed by atoms with Crippen molar-refractivity contribution in [2.75, 3.05) is 18.6 Å². The van der Waals surface area contributed by atoms with Crippen LogP contribution in [-0.2, 0) is 4.74 Å². The minimum Gasteiger partial charge on any atom is -0.465 e. The van der Waals surface area contributed by atoms with Gasteiger partial charge in [0.25, 0.3) is 0 Å². The van der Waals surface area contributed by atoms with Gasteiger partial charge in [-0.25, -0.2) is 4.79 Å². The fourth-order valence-electron chi connectivity index (χ4n) is 2.83. The zero-order valence-electron chi connectivity index (χ0n) is 11.8. The Bertz CT molecular complexity index is 454. The van der Waals surface area contributed by atoms with Crippen LogP contribution >= 0.6 is 0 Å². The zero-order chi connectivity index (χ0) is 14.0. The standard InChI is InChI=1S/C15H22N2O2/c1-15(2)10-12(16)8-9-17(15)13-6-4-11(5-7-13)14(18)19-3/h4-7,12H,8-10,16H2,1-3H3. The van der Waals surface area contributed by atoms with Gasteiger partial charge in [-0.3, -0.25) is 0 Å². The van der Waals surface area contributed by atoms with E-state index < -0.39 is 0 Å². The number of ether oxygens (including phenoxy) is 1. The maximum Gasteiger partial charge on any atom is 0.337 e. The summed E-state index contributed by atoms with van der Waals surface area (Å²) in [6.45, 7) is 5.37. The lowest BCUT2D eigenvalue weighted by Crippen LogP contribution is -2.53. The van der Waals surface area contributed by atoms with Crippen molar-refractivity contribution in [2.45, 2.75) is 38.3 Å². The number of carbonyl (C=O) groups is 1. The molecule has 4 heteroatoms. The number of anilines is 1. The van der Waals surface area contributed by atoms with Crippen LogP contribution in [0.2, 0.25) is 0 Å². The van der Waals surface area contributed by atoms with Crippen LogP contribution in [0.25, 0.3) is 0 Å². The molecule has 1 fully saturated rings. The summed E-state index contributed by atoms with van der Waals surface area (Å²) in [6.07, 6.45) is 1.98. The van der Waals surface area contributed by atoms with E-state index in [1.54, 1.807) is 0 Å². The van der Waals surface area contributed by atoms with Crippen LogP contribution in [0.4, 0.5) is 5.69 Å². The number of nitrogens with two attached hydrogens (primary N) is 1. The minimum absolute atomic E-state index is 0.0461. The molecule has 0 saturated carbocycles. The molecule has 0 aromatic heterocycles. The first kappa shape index (κ1) is 13.9. The molecule has 1 heterocycles. The zero-order valence-corrected chi connectivity index (χ0v) is 11.8. The molecule has 0 spiro atoms. The first-order chi connectivity index (χ1) is 8.94. The Hall–Kier alpha value is -1.55. The van der Waals surface area contributed by atoms with Crippen molar-refractivity contribution in [3.63, 3.8) is 0 Å². The van der Waals surface area contributed by atoms with Gasteiger partial charge in [0.05, 0.1) is 12.7 Å². The van der Waals surface area contributed by atoms with Crippen molar-refractivity contribution in [2.24, 2.45) is 5.73 Å². The molecule has 1 saturated heterocycles. The van der Waals surface area contributed by atoms with Gasteiger partial charge in [0.15, 0.2) is 0 Å². The molecule has 0 amide bonds. The van der Waals surface area contributed by atoms with Crippen molar-refractivity contribution < 1.29 is 9.53 Å². The van der Waals surface area contributed by atoms with Crippen LogP contribution in [0.15, 0.2) is 24.3 Å². The van der Waals surface area contributed by atoms with Crippen LogP contribution < -0.4 is 10.6 Å². The van der Waals surface area contributed by atoms with Gasteiger partial charge in [-0.05, 0) is 51.0 Å². The van der Waals surface area contributed by atoms with E-state index >= 15 is 0 Å². The third-order valence-electron chi connectivity index (χ3n) is 3.82. The van der Waals surface area contributed by atoms with E-state index in [-0.39, 0.29) is 17.6 Å². The Morgan fingerprint density at radius 2 is 2.00 bits per heavy atom. The highest BCUT2D eigenvalue weighted by molar-refractivity contribution is 5.89. The van der Waals surface area contributed by atoms with E-state index in [1.165, 1.54) is 7.11 Å². The van der Waals surface area contributed by atoms with Gasteiger partial charge in [0, 0.05) is 23.8 Å². The first-order valence-electron chi connectivity index (χ1n) is 6.65. The third kappa shape index (κ3) is 2.89. The molecule has 104 valence electrons. The molecule has 0 radical (unpaired) electrons. The molecule has 1 aliphatic heterocycles. The van der Waals surface area contributed by atoms with Gasteiger partial charge < -0.3 is 15.4 Å². The number of esters is 1. The van der Waals surface area contributed by atoms with E-state index in [1.807, 2.05) is 24.3 Å². The van der Waals surface area contributed by atoms with Gasteiger partial charge in [0.1, 0.15) is 0 Å². The SMILES string of the molecule is COC(=O)c1ccc(N2CCC(N)CC2(C)C)cc1. The Morgan fingerprint density at radius 1 is 1.37 bits per heavy atom. The van der Waals surface area contributed by atoms with Crippen LogP contribution in [0, 0.1) is 0 Å². The molecular weight excluding hydrogens is 240 g/mol. The lowest BCUT2D eigenvalue weighted by atomic mass is 9.87. The maximum absolute atomic E-state index is 11.4. The summed E-state index contributed by atoms with van der Waals surface area (Å²) in [5, 5.41) is 0. The van der Waals surface area contributed by atoms with Gasteiger partial charge in [-0.2, -0.15) is 0 Å². The minimum atomic E-state index is -0.300. The first-order valence-corrected chi connectivity index (χ1v) is 6.65. The molecular formula is C15H22N2O2. The summed E-state index contributed by atoms with van der Waals surface area (Å²) < 4.78 is 4.71. The maximum atomic E-state index is 11.4. The fraction of sp³-hybridized carbons (Fsp3) is 0.533. The van der Waals surface area contributed by atoms with Gasteiger partial charge in [-0.15, -0.1) is 0 Å². The lowest BCUT2D eigenvalue weighted by Gasteiger charge is -2.46. The van der Waals surface area contributed by atoms with Crippen molar-refractivity contribution in [1.82, 2.24) is 0 Å². The summed E-state index contributed by atoms with van der Waals surface area (Å²) in [7, 11) is 1.39. The largest absolute Gasteiger partial charge is 0.465 e. The number of methoxy groups -OCH3 is 1. The summed E-state index contributed by atoms with van der Waals surface area (Å²) in [6, 6.07) is 7.85. The topological polar surface area (TPSA) is 55.6 Å². The summed E-state index contributed by atoms with van der Waals surface area (Å²) in [5.41, 5.74) is 7.80. The third-order valence-corrected chi connectivity index (χ3v) is 3.82. The van der Waals surface area contributed by atoms with Crippen molar-refractivity contribution in [3.8, 4) is 0 Å². The predicted octanol–water partition coefficient (Wildman–Crippen LogP) is 2.18. The van der Waals surface area contributed by atoms with Crippen molar-refractivity contribution in [1.29, 1.82) is 0 Å². The van der Waals surface area contributed by atoms with E-state index in [2.05, 4.69) is 18.7 Å². The molecule has 2 rings (SSSR count). The molecule has 4 nitrogen and oxygen atoms in total. The molecule has 19 heavy (non-hydrogen) atoms. The van der Waals surface area contributed by atoms with Gasteiger partial charge in [-0.1, -0.05) is 0 Å². The van der Waals surface area contributed by atoms with Crippen LogP contribution in [0.3, 0.4) is 0 Å². The highest BCUT2D eigenvalue weighted by atomic mass is 16.5. The normalized spacial score (nSPS) is 22.1. The Morgan fingerprint density at radius 3 is 2.53 bits per heavy atom. The number of benzene rings is 1. The average molecular weight is 262 g/mol. The number of carbonyl (C=O) groups excluding carboxylic acids is 1. The molecule has 1 aromatic rings. The number of rotatable bonds is 2. The van der Waals surface area contributed by atoms with E-state index in [9.17, 15) is 4.79 Å². The Labute approximate surface area is 114 Å². The van der Waals surface area contributed by atoms with Gasteiger partial charge in [0.2, 0.25) is 0 Å². The van der Waals surface area contributed by atoms with Crippen molar-refractivity contribution >= 4 is 11.7 Å². The van der Waals surface area contributed by atoms with Crippen molar-refractivity contribution in [3.05, 3.63) is 29.8 Å². The fourth-order valence-corrected chi connectivity index (χ4v) is 2.83. The van der Waals surface area contributed by atoms with Crippen LogP contribution in [0.5, 0.6) is 0 Å². The Balaban J connectivity index is 2.20. The summed E-state index contributed by atoms with van der Waals surface area (Å²) in [4.78, 5) is 13.8. The molecule has 1 atom stereocenters. The summed E-state index contributed by atoms with van der Waals surface area (Å²) >= 11 is 0. The van der Waals surface area contributed by atoms with E-state index in [4.69, 9.17) is 10.5 Å². The highest BCUT2D eigenvalue weighted by Crippen LogP contribution is 2.32. The smallest absolute Gasteiger partial charge is 0.337 e. The summed E-state index contributed by atoms with van der Waals surface area (Å²) in [5.74, 6) is -0.300. The average Bonchev–Trinajstić information content (AvgIpc) is 2.37. The van der Waals surface area contributed by atoms with E-state index in [0.717, 1.165) is 25.1 Å². The molecule has 2 N–H and O–H groups in total.